The Labute approximate surface area is 125 Å². The number of hydroxylamine groups is 1. The maximum absolute atomic E-state index is 12.4. The first-order valence-electron chi connectivity index (χ1n) is 6.68. The van der Waals surface area contributed by atoms with Gasteiger partial charge in [0, 0.05) is 22.9 Å². The first-order chi connectivity index (χ1) is 10.7. The van der Waals surface area contributed by atoms with Gasteiger partial charge in [0.2, 0.25) is 6.41 Å². The average Bonchev–Trinajstić information content (AvgIpc) is 2.96. The summed E-state index contributed by atoms with van der Waals surface area (Å²) in [6.07, 6.45) is 1.87. The molecular formula is C14H13N2O6-. The number of carbonyl (C=O) groups excluding carboxylic acids is 2. The van der Waals surface area contributed by atoms with Crippen molar-refractivity contribution in [1.82, 2.24) is 5.32 Å². The first kappa shape index (κ1) is 14.4. The lowest BCUT2D eigenvalue weighted by atomic mass is 9.96. The number of amides is 1. The summed E-state index contributed by atoms with van der Waals surface area (Å²) < 4.78 is 4.86. The van der Waals surface area contributed by atoms with E-state index in [1.165, 1.54) is 12.1 Å². The molecule has 0 saturated carbocycles. The van der Waals surface area contributed by atoms with E-state index in [1.807, 2.05) is 0 Å². The van der Waals surface area contributed by atoms with Crippen LogP contribution in [0, 0.1) is 5.21 Å². The van der Waals surface area contributed by atoms with Crippen molar-refractivity contribution in [3.05, 3.63) is 40.2 Å². The van der Waals surface area contributed by atoms with E-state index < -0.39 is 12.0 Å². The highest BCUT2D eigenvalue weighted by Crippen LogP contribution is 2.41. The summed E-state index contributed by atoms with van der Waals surface area (Å²) >= 11 is 0. The van der Waals surface area contributed by atoms with Crippen LogP contribution in [0.2, 0.25) is 0 Å². The number of fused-ring (bicyclic) bond motifs is 2. The number of carbonyl (C=O) groups is 2. The largest absolute Gasteiger partial charge is 0.754 e. The predicted octanol–water partition coefficient (Wildman–Crippen LogP) is 1.06. The van der Waals surface area contributed by atoms with Gasteiger partial charge in [-0.25, -0.2) is 4.79 Å². The molecule has 2 heterocycles. The predicted molar refractivity (Wildman–Crippen MR) is 74.4 cm³/mol. The second-order valence-electron chi connectivity index (χ2n) is 4.69. The second-order valence-corrected chi connectivity index (χ2v) is 4.69. The number of nitrogens with one attached hydrogen (secondary N) is 1. The zero-order valence-electron chi connectivity index (χ0n) is 11.7. The number of anilines is 1. The molecular weight excluding hydrogens is 292 g/mol. The van der Waals surface area contributed by atoms with Gasteiger partial charge in [0.25, 0.3) is 0 Å². The molecule has 1 atom stereocenters. The number of hydrogen-bond donors (Lipinski definition) is 1. The van der Waals surface area contributed by atoms with Gasteiger partial charge in [-0.1, -0.05) is 0 Å². The molecule has 22 heavy (non-hydrogen) atoms. The van der Waals surface area contributed by atoms with Crippen LogP contribution in [0.15, 0.2) is 23.9 Å². The molecule has 0 aliphatic carbocycles. The lowest BCUT2D eigenvalue weighted by molar-refractivity contribution is -0.194. The molecule has 0 fully saturated rings. The van der Waals surface area contributed by atoms with Crippen LogP contribution in [0.25, 0.3) is 0 Å². The van der Waals surface area contributed by atoms with Crippen LogP contribution in [0.5, 0.6) is 5.75 Å². The molecule has 116 valence electrons. The van der Waals surface area contributed by atoms with Gasteiger partial charge in [0.15, 0.2) is 5.75 Å². The van der Waals surface area contributed by atoms with E-state index in [4.69, 9.17) is 14.5 Å². The Bertz CT molecular complexity index is 657. The molecule has 2 aliphatic heterocycles. The Balaban J connectivity index is 2.06. The van der Waals surface area contributed by atoms with Gasteiger partial charge in [-0.2, -0.15) is 4.89 Å². The fourth-order valence-electron chi connectivity index (χ4n) is 2.42. The Morgan fingerprint density at radius 1 is 1.59 bits per heavy atom. The molecule has 1 N–H and O–H groups in total. The molecule has 8 nitrogen and oxygen atoms in total. The van der Waals surface area contributed by atoms with Crippen molar-refractivity contribution in [2.45, 2.75) is 19.6 Å². The average molecular weight is 305 g/mol. The van der Waals surface area contributed by atoms with Crippen molar-refractivity contribution >= 4 is 18.1 Å². The molecule has 0 aromatic heterocycles. The molecule has 0 spiro atoms. The van der Waals surface area contributed by atoms with E-state index in [0.717, 1.165) is 5.56 Å². The molecule has 1 unspecified atom stereocenters. The molecule has 0 saturated heterocycles. The van der Waals surface area contributed by atoms with Crippen LogP contribution in [0.3, 0.4) is 0 Å². The number of nitrogens with zero attached hydrogens (tertiary/aromatic N) is 1. The van der Waals surface area contributed by atoms with Gasteiger partial charge >= 0.3 is 5.97 Å². The van der Waals surface area contributed by atoms with Gasteiger partial charge in [0.05, 0.1) is 12.6 Å². The maximum atomic E-state index is 12.4. The third-order valence-corrected chi connectivity index (χ3v) is 3.40. The summed E-state index contributed by atoms with van der Waals surface area (Å²) in [7, 11) is 0. The SMILES string of the molecule is CCOC(=O)C1=CC(NC=O)c2cc3c(cc2N1[O-])OOC3. The number of rotatable bonds is 4. The summed E-state index contributed by atoms with van der Waals surface area (Å²) in [6, 6.07) is 2.58. The third-order valence-electron chi connectivity index (χ3n) is 3.40. The lowest BCUT2D eigenvalue weighted by Crippen LogP contribution is -2.32. The molecule has 0 bridgehead atoms. The Morgan fingerprint density at radius 3 is 3.14 bits per heavy atom. The monoisotopic (exact) mass is 305 g/mol. The molecule has 8 heteroatoms. The molecule has 3 rings (SSSR count). The van der Waals surface area contributed by atoms with Gasteiger partial charge < -0.3 is 25.2 Å². The second kappa shape index (κ2) is 5.66. The maximum Gasteiger partial charge on any atom is 0.353 e. The number of ether oxygens (including phenoxy) is 1. The molecule has 1 aromatic rings. The normalized spacial score (nSPS) is 18.7. The van der Waals surface area contributed by atoms with E-state index in [2.05, 4.69) is 5.32 Å². The topological polar surface area (TPSA) is 100 Å². The van der Waals surface area contributed by atoms with Crippen LogP contribution in [0.1, 0.15) is 24.1 Å². The fourth-order valence-corrected chi connectivity index (χ4v) is 2.42. The van der Waals surface area contributed by atoms with Crippen molar-refractivity contribution < 1.29 is 24.1 Å². The van der Waals surface area contributed by atoms with E-state index in [1.54, 1.807) is 13.0 Å². The van der Waals surface area contributed by atoms with Crippen molar-refractivity contribution in [1.29, 1.82) is 0 Å². The van der Waals surface area contributed by atoms with Crippen LogP contribution in [-0.4, -0.2) is 19.0 Å². The Morgan fingerprint density at radius 2 is 2.41 bits per heavy atom. The van der Waals surface area contributed by atoms with Gasteiger partial charge in [-0.05, 0) is 19.1 Å². The van der Waals surface area contributed by atoms with Crippen LogP contribution in [0.4, 0.5) is 5.69 Å². The number of esters is 1. The van der Waals surface area contributed by atoms with Crippen molar-refractivity contribution in [2.75, 3.05) is 11.7 Å². The summed E-state index contributed by atoms with van der Waals surface area (Å²) in [5, 5.41) is 15.5. The molecule has 1 amide bonds. The summed E-state index contributed by atoms with van der Waals surface area (Å²) in [4.78, 5) is 32.5. The first-order valence-corrected chi connectivity index (χ1v) is 6.68. The highest BCUT2D eigenvalue weighted by Gasteiger charge is 2.29. The minimum atomic E-state index is -0.751. The van der Waals surface area contributed by atoms with E-state index in [9.17, 15) is 14.8 Å². The van der Waals surface area contributed by atoms with Gasteiger partial charge in [-0.15, -0.1) is 0 Å². The Kier molecular flexibility index (Phi) is 3.70. The van der Waals surface area contributed by atoms with Crippen molar-refractivity contribution in [3.8, 4) is 5.75 Å². The van der Waals surface area contributed by atoms with Crippen LogP contribution in [-0.2, 0) is 25.8 Å². The zero-order chi connectivity index (χ0) is 15.7. The standard InChI is InChI=1S/C14H13N2O6/c1-2-20-14(18)12-4-10(15-7-17)9-3-8-6-21-22-13(8)5-11(9)16(12)19/h3-5,7,10H,2,6H2,1H3,(H,15,17)/q-1. The molecule has 1 aromatic carbocycles. The number of benzene rings is 1. The van der Waals surface area contributed by atoms with Crippen molar-refractivity contribution in [2.24, 2.45) is 0 Å². The molecule has 0 radical (unpaired) electrons. The van der Waals surface area contributed by atoms with Gasteiger partial charge in [0.1, 0.15) is 12.3 Å². The van der Waals surface area contributed by atoms with E-state index >= 15 is 0 Å². The summed E-state index contributed by atoms with van der Waals surface area (Å²) in [5.41, 5.74) is 1.34. The van der Waals surface area contributed by atoms with E-state index in [0.29, 0.717) is 22.8 Å². The highest BCUT2D eigenvalue weighted by molar-refractivity contribution is 5.95. The molecule has 2 aliphatic rings. The van der Waals surface area contributed by atoms with Crippen molar-refractivity contribution in [3.63, 3.8) is 0 Å². The van der Waals surface area contributed by atoms with Crippen LogP contribution < -0.4 is 15.3 Å². The smallest absolute Gasteiger partial charge is 0.353 e. The minimum Gasteiger partial charge on any atom is -0.754 e. The Hall–Kier alpha value is -2.58. The fraction of sp³-hybridized carbons (Fsp3) is 0.286. The zero-order valence-corrected chi connectivity index (χ0v) is 11.7. The van der Waals surface area contributed by atoms with Gasteiger partial charge in [-0.3, -0.25) is 4.79 Å². The number of hydrogen-bond acceptors (Lipinski definition) is 7. The quantitative estimate of drug-likeness (QED) is 0.504. The summed E-state index contributed by atoms with van der Waals surface area (Å²) in [5.74, 6) is -0.340. The third kappa shape index (κ3) is 2.28. The van der Waals surface area contributed by atoms with Crippen LogP contribution >= 0.6 is 0 Å². The summed E-state index contributed by atoms with van der Waals surface area (Å²) in [6.45, 7) is 2.04. The highest BCUT2D eigenvalue weighted by atomic mass is 17.2. The minimum absolute atomic E-state index is 0.143. The van der Waals surface area contributed by atoms with E-state index in [-0.39, 0.29) is 24.6 Å². The lowest BCUT2D eigenvalue weighted by Gasteiger charge is -2.38.